The van der Waals surface area contributed by atoms with E-state index in [4.69, 9.17) is 0 Å². The van der Waals surface area contributed by atoms with E-state index in [1.165, 1.54) is 0 Å². The molecule has 0 N–H and O–H groups in total. The topological polar surface area (TPSA) is 37.4 Å². The highest BCUT2D eigenvalue weighted by atomic mass is 32.2. The van der Waals surface area contributed by atoms with Crippen LogP contribution in [0.1, 0.15) is 13.3 Å². The Morgan fingerprint density at radius 3 is 2.50 bits per heavy atom. The predicted molar refractivity (Wildman–Crippen MR) is 52.7 cm³/mol. The zero-order valence-electron chi connectivity index (χ0n) is 8.32. The first-order valence-electron chi connectivity index (χ1n) is 5.06. The molecule has 0 aliphatic carbocycles. The second kappa shape index (κ2) is 3.45. The zero-order chi connectivity index (χ0) is 10.3. The summed E-state index contributed by atoms with van der Waals surface area (Å²) in [5.41, 5.74) is 0. The number of alkyl halides is 1. The van der Waals surface area contributed by atoms with Crippen LogP contribution in [0.2, 0.25) is 0 Å². The average Bonchev–Trinajstić information content (AvgIpc) is 2.06. The standard InChI is InChI=1S/C9H16FNO2S/c1-7-2-3-11(4-9(7)10)8-5-14(12,13)6-8/h7-9H,2-6H2,1H3. The second-order valence-electron chi connectivity index (χ2n) is 4.51. The van der Waals surface area contributed by atoms with Gasteiger partial charge >= 0.3 is 0 Å². The first kappa shape index (κ1) is 10.4. The van der Waals surface area contributed by atoms with Crippen LogP contribution < -0.4 is 0 Å². The highest BCUT2D eigenvalue weighted by Crippen LogP contribution is 2.25. The lowest BCUT2D eigenvalue weighted by Gasteiger charge is -2.41. The number of nitrogens with zero attached hydrogens (tertiary/aromatic N) is 1. The van der Waals surface area contributed by atoms with Crippen molar-refractivity contribution in [1.29, 1.82) is 0 Å². The number of hydrogen-bond acceptors (Lipinski definition) is 3. The Kier molecular flexibility index (Phi) is 2.55. The lowest BCUT2D eigenvalue weighted by atomic mass is 9.96. The molecule has 2 saturated heterocycles. The highest BCUT2D eigenvalue weighted by molar-refractivity contribution is 7.92. The van der Waals surface area contributed by atoms with E-state index in [1.54, 1.807) is 0 Å². The first-order valence-corrected chi connectivity index (χ1v) is 6.88. The Labute approximate surface area is 84.2 Å². The van der Waals surface area contributed by atoms with Crippen molar-refractivity contribution < 1.29 is 12.8 Å². The van der Waals surface area contributed by atoms with Gasteiger partial charge in [0.25, 0.3) is 0 Å². The van der Waals surface area contributed by atoms with E-state index >= 15 is 0 Å². The molecule has 2 aliphatic heterocycles. The summed E-state index contributed by atoms with van der Waals surface area (Å²) in [7, 11) is -2.78. The third kappa shape index (κ3) is 1.93. The second-order valence-corrected chi connectivity index (χ2v) is 6.66. The monoisotopic (exact) mass is 221 g/mol. The summed E-state index contributed by atoms with van der Waals surface area (Å²) in [6.45, 7) is 3.18. The molecule has 0 aromatic heterocycles. The van der Waals surface area contributed by atoms with E-state index in [0.717, 1.165) is 13.0 Å². The smallest absolute Gasteiger partial charge is 0.153 e. The Balaban J connectivity index is 1.89. The molecule has 0 amide bonds. The molecule has 3 nitrogen and oxygen atoms in total. The molecule has 14 heavy (non-hydrogen) atoms. The molecule has 2 heterocycles. The van der Waals surface area contributed by atoms with E-state index < -0.39 is 16.0 Å². The van der Waals surface area contributed by atoms with Gasteiger partial charge in [-0.25, -0.2) is 12.8 Å². The minimum absolute atomic E-state index is 0.0887. The van der Waals surface area contributed by atoms with Gasteiger partial charge in [0, 0.05) is 12.6 Å². The molecule has 82 valence electrons. The number of likely N-dealkylation sites (tertiary alicyclic amines) is 1. The number of piperidine rings is 1. The van der Waals surface area contributed by atoms with Gasteiger partial charge < -0.3 is 0 Å². The maximum absolute atomic E-state index is 13.3. The summed E-state index contributed by atoms with van der Waals surface area (Å²) in [4.78, 5) is 1.99. The van der Waals surface area contributed by atoms with E-state index in [1.807, 2.05) is 11.8 Å². The SMILES string of the molecule is CC1CCN(C2CS(=O)(=O)C2)CC1F. The lowest BCUT2D eigenvalue weighted by molar-refractivity contribution is 0.0707. The van der Waals surface area contributed by atoms with Crippen molar-refractivity contribution >= 4 is 9.84 Å². The zero-order valence-corrected chi connectivity index (χ0v) is 9.13. The van der Waals surface area contributed by atoms with Gasteiger partial charge in [0.15, 0.2) is 9.84 Å². The van der Waals surface area contributed by atoms with Crippen LogP contribution in [-0.4, -0.2) is 50.1 Å². The van der Waals surface area contributed by atoms with Crippen molar-refractivity contribution in [3.63, 3.8) is 0 Å². The quantitative estimate of drug-likeness (QED) is 0.645. The van der Waals surface area contributed by atoms with Crippen molar-refractivity contribution in [3.8, 4) is 0 Å². The Morgan fingerprint density at radius 2 is 2.00 bits per heavy atom. The summed E-state index contributed by atoms with van der Waals surface area (Å²) < 4.78 is 35.3. The lowest BCUT2D eigenvalue weighted by Crippen LogP contribution is -2.57. The average molecular weight is 221 g/mol. The van der Waals surface area contributed by atoms with Gasteiger partial charge in [-0.15, -0.1) is 0 Å². The number of sulfone groups is 1. The van der Waals surface area contributed by atoms with Crippen molar-refractivity contribution in [2.45, 2.75) is 25.6 Å². The van der Waals surface area contributed by atoms with Crippen molar-refractivity contribution in [2.75, 3.05) is 24.6 Å². The van der Waals surface area contributed by atoms with E-state index in [2.05, 4.69) is 0 Å². The summed E-state index contributed by atoms with van der Waals surface area (Å²) in [6, 6.07) is 0.0887. The molecule has 2 aliphatic rings. The van der Waals surface area contributed by atoms with E-state index in [9.17, 15) is 12.8 Å². The molecule has 2 fully saturated rings. The first-order chi connectivity index (χ1) is 6.48. The third-order valence-corrected chi connectivity index (χ3v) is 5.09. The fourth-order valence-electron chi connectivity index (χ4n) is 2.13. The van der Waals surface area contributed by atoms with E-state index in [-0.39, 0.29) is 23.5 Å². The van der Waals surface area contributed by atoms with Crippen LogP contribution in [0.25, 0.3) is 0 Å². The Morgan fingerprint density at radius 1 is 1.36 bits per heavy atom. The van der Waals surface area contributed by atoms with Gasteiger partial charge in [-0.2, -0.15) is 0 Å². The fraction of sp³-hybridized carbons (Fsp3) is 1.00. The van der Waals surface area contributed by atoms with Crippen LogP contribution in [0.3, 0.4) is 0 Å². The van der Waals surface area contributed by atoms with Crippen LogP contribution in [0.5, 0.6) is 0 Å². The van der Waals surface area contributed by atoms with E-state index in [0.29, 0.717) is 6.54 Å². The maximum atomic E-state index is 13.3. The van der Waals surface area contributed by atoms with Crippen molar-refractivity contribution in [2.24, 2.45) is 5.92 Å². The molecule has 0 radical (unpaired) electrons. The summed E-state index contributed by atoms with van der Waals surface area (Å²) in [5.74, 6) is 0.588. The molecule has 2 atom stereocenters. The van der Waals surface area contributed by atoms with Gasteiger partial charge in [0.2, 0.25) is 0 Å². The molecular formula is C9H16FNO2S. The van der Waals surface area contributed by atoms with Crippen LogP contribution in [0.15, 0.2) is 0 Å². The number of halogens is 1. The highest BCUT2D eigenvalue weighted by Gasteiger charge is 2.40. The van der Waals surface area contributed by atoms with Crippen molar-refractivity contribution in [3.05, 3.63) is 0 Å². The largest absolute Gasteiger partial charge is 0.295 e. The molecule has 0 saturated carbocycles. The van der Waals surface area contributed by atoms with Crippen LogP contribution in [-0.2, 0) is 9.84 Å². The van der Waals surface area contributed by atoms with Gasteiger partial charge in [0.05, 0.1) is 11.5 Å². The molecule has 0 bridgehead atoms. The summed E-state index contributed by atoms with van der Waals surface area (Å²) in [6.07, 6.45) is 0.0598. The maximum Gasteiger partial charge on any atom is 0.153 e. The Hall–Kier alpha value is -0.160. The van der Waals surface area contributed by atoms with Crippen LogP contribution >= 0.6 is 0 Å². The Bertz CT molecular complexity index is 305. The van der Waals surface area contributed by atoms with Crippen molar-refractivity contribution in [1.82, 2.24) is 4.90 Å². The van der Waals surface area contributed by atoms with Crippen LogP contribution in [0.4, 0.5) is 4.39 Å². The number of rotatable bonds is 1. The summed E-state index contributed by atoms with van der Waals surface area (Å²) >= 11 is 0. The summed E-state index contributed by atoms with van der Waals surface area (Å²) in [5, 5.41) is 0. The molecule has 0 aromatic carbocycles. The number of hydrogen-bond donors (Lipinski definition) is 0. The van der Waals surface area contributed by atoms with Gasteiger partial charge in [-0.1, -0.05) is 6.92 Å². The molecular weight excluding hydrogens is 205 g/mol. The minimum atomic E-state index is -2.78. The molecule has 5 heteroatoms. The molecule has 2 unspecified atom stereocenters. The van der Waals surface area contributed by atoms with Gasteiger partial charge in [-0.3, -0.25) is 4.90 Å². The third-order valence-electron chi connectivity index (χ3n) is 3.31. The minimum Gasteiger partial charge on any atom is -0.295 e. The molecule has 0 aromatic rings. The molecule has 2 rings (SSSR count). The molecule has 0 spiro atoms. The van der Waals surface area contributed by atoms with Gasteiger partial charge in [0.1, 0.15) is 6.17 Å². The van der Waals surface area contributed by atoms with Gasteiger partial charge in [-0.05, 0) is 18.9 Å². The normalized spacial score (nSPS) is 39.3. The van der Waals surface area contributed by atoms with Crippen LogP contribution in [0, 0.1) is 5.92 Å². The predicted octanol–water partition coefficient (Wildman–Crippen LogP) is 0.463. The fourth-order valence-corrected chi connectivity index (χ4v) is 3.62.